The Kier molecular flexibility index (Phi) is 5.72. The Morgan fingerprint density at radius 3 is 2.89 bits per heavy atom. The molecule has 5 heteroatoms. The first-order valence-corrected chi connectivity index (χ1v) is 7.28. The maximum absolute atomic E-state index is 6.10. The van der Waals surface area contributed by atoms with E-state index in [-0.39, 0.29) is 6.04 Å². The lowest BCUT2D eigenvalue weighted by Crippen LogP contribution is -2.24. The van der Waals surface area contributed by atoms with E-state index in [0.717, 1.165) is 23.4 Å². The zero-order valence-corrected chi connectivity index (χ0v) is 12.0. The number of hydrogen-bond donors (Lipinski definition) is 1. The van der Waals surface area contributed by atoms with Crippen molar-refractivity contribution in [2.45, 2.75) is 18.9 Å². The molecule has 0 aliphatic heterocycles. The van der Waals surface area contributed by atoms with E-state index in [1.54, 1.807) is 18.4 Å². The Morgan fingerprint density at radius 1 is 1.26 bits per heavy atom. The lowest BCUT2D eigenvalue weighted by Gasteiger charge is -2.09. The SMILES string of the molecule is COCCOCCC(N)Cc1nc2ccccc2s1. The van der Waals surface area contributed by atoms with Crippen LogP contribution < -0.4 is 5.73 Å². The number of para-hydroxylation sites is 1. The maximum Gasteiger partial charge on any atom is 0.0954 e. The molecule has 0 amide bonds. The van der Waals surface area contributed by atoms with Gasteiger partial charge in [0.05, 0.1) is 28.4 Å². The van der Waals surface area contributed by atoms with E-state index in [1.165, 1.54) is 4.70 Å². The first-order chi connectivity index (χ1) is 9.29. The van der Waals surface area contributed by atoms with Crippen LogP contribution >= 0.6 is 11.3 Å². The molecule has 104 valence electrons. The Balaban J connectivity index is 1.76. The summed E-state index contributed by atoms with van der Waals surface area (Å²) in [6, 6.07) is 8.27. The van der Waals surface area contributed by atoms with Gasteiger partial charge in [0.1, 0.15) is 0 Å². The molecule has 0 saturated heterocycles. The van der Waals surface area contributed by atoms with Gasteiger partial charge in [0.25, 0.3) is 0 Å². The molecule has 1 heterocycles. The molecule has 0 radical (unpaired) electrons. The number of nitrogens with zero attached hydrogens (tertiary/aromatic N) is 1. The highest BCUT2D eigenvalue weighted by Gasteiger charge is 2.08. The fourth-order valence-electron chi connectivity index (χ4n) is 1.81. The monoisotopic (exact) mass is 280 g/mol. The van der Waals surface area contributed by atoms with Crippen molar-refractivity contribution >= 4 is 21.6 Å². The minimum Gasteiger partial charge on any atom is -0.382 e. The molecule has 2 aromatic rings. The zero-order valence-electron chi connectivity index (χ0n) is 11.2. The highest BCUT2D eigenvalue weighted by molar-refractivity contribution is 7.18. The molecule has 0 spiro atoms. The molecule has 1 aromatic carbocycles. The maximum atomic E-state index is 6.10. The Labute approximate surface area is 117 Å². The zero-order chi connectivity index (χ0) is 13.5. The molecule has 1 atom stereocenters. The summed E-state index contributed by atoms with van der Waals surface area (Å²) in [5.41, 5.74) is 7.16. The third kappa shape index (κ3) is 4.54. The average Bonchev–Trinajstić information content (AvgIpc) is 2.80. The van der Waals surface area contributed by atoms with E-state index in [1.807, 2.05) is 18.2 Å². The molecular weight excluding hydrogens is 260 g/mol. The van der Waals surface area contributed by atoms with E-state index in [9.17, 15) is 0 Å². The highest BCUT2D eigenvalue weighted by Crippen LogP contribution is 2.22. The molecule has 0 bridgehead atoms. The van der Waals surface area contributed by atoms with Crippen LogP contribution in [0.1, 0.15) is 11.4 Å². The fourth-order valence-corrected chi connectivity index (χ4v) is 2.87. The summed E-state index contributed by atoms with van der Waals surface area (Å²) in [7, 11) is 1.67. The molecule has 0 fully saturated rings. The second-order valence-corrected chi connectivity index (χ2v) is 5.55. The van der Waals surface area contributed by atoms with Crippen molar-refractivity contribution < 1.29 is 9.47 Å². The van der Waals surface area contributed by atoms with Gasteiger partial charge in [-0.2, -0.15) is 0 Å². The second kappa shape index (κ2) is 7.55. The van der Waals surface area contributed by atoms with Crippen LogP contribution in [0.15, 0.2) is 24.3 Å². The Bertz CT molecular complexity index is 468. The number of ether oxygens (including phenoxy) is 2. The van der Waals surface area contributed by atoms with Gasteiger partial charge >= 0.3 is 0 Å². The molecule has 2 rings (SSSR count). The van der Waals surface area contributed by atoms with Crippen molar-refractivity contribution in [3.63, 3.8) is 0 Å². The lowest BCUT2D eigenvalue weighted by molar-refractivity contribution is 0.0672. The third-order valence-corrected chi connectivity index (χ3v) is 3.90. The Morgan fingerprint density at radius 2 is 2.11 bits per heavy atom. The van der Waals surface area contributed by atoms with E-state index in [4.69, 9.17) is 15.2 Å². The third-order valence-electron chi connectivity index (χ3n) is 2.84. The van der Waals surface area contributed by atoms with Crippen molar-refractivity contribution in [2.75, 3.05) is 26.9 Å². The predicted octanol–water partition coefficient (Wildman–Crippen LogP) is 2.22. The standard InChI is InChI=1S/C14H20N2O2S/c1-17-8-9-18-7-6-11(15)10-14-16-12-4-2-3-5-13(12)19-14/h2-5,11H,6-10,15H2,1H3. The summed E-state index contributed by atoms with van der Waals surface area (Å²) < 4.78 is 11.6. The van der Waals surface area contributed by atoms with Crippen LogP contribution in [-0.4, -0.2) is 38.0 Å². The number of fused-ring (bicyclic) bond motifs is 1. The van der Waals surface area contributed by atoms with Gasteiger partial charge in [-0.1, -0.05) is 12.1 Å². The first-order valence-electron chi connectivity index (χ1n) is 6.46. The minimum atomic E-state index is 0.100. The topological polar surface area (TPSA) is 57.4 Å². The van der Waals surface area contributed by atoms with Crippen molar-refractivity contribution in [1.82, 2.24) is 4.98 Å². The molecule has 1 unspecified atom stereocenters. The van der Waals surface area contributed by atoms with Gasteiger partial charge in [0, 0.05) is 26.2 Å². The molecule has 4 nitrogen and oxygen atoms in total. The van der Waals surface area contributed by atoms with E-state index in [0.29, 0.717) is 19.8 Å². The van der Waals surface area contributed by atoms with Gasteiger partial charge in [-0.05, 0) is 18.6 Å². The van der Waals surface area contributed by atoms with Gasteiger partial charge < -0.3 is 15.2 Å². The van der Waals surface area contributed by atoms with Crippen LogP contribution in [0.25, 0.3) is 10.2 Å². The summed E-state index contributed by atoms with van der Waals surface area (Å²) in [6.07, 6.45) is 1.66. The Hall–Kier alpha value is -1.01. The number of aromatic nitrogens is 1. The molecular formula is C14H20N2O2S. The first kappa shape index (κ1) is 14.4. The van der Waals surface area contributed by atoms with Crippen LogP contribution in [0, 0.1) is 0 Å². The van der Waals surface area contributed by atoms with Crippen molar-refractivity contribution in [1.29, 1.82) is 0 Å². The number of benzene rings is 1. The summed E-state index contributed by atoms with van der Waals surface area (Å²) in [5, 5.41) is 1.10. The molecule has 2 N–H and O–H groups in total. The van der Waals surface area contributed by atoms with Crippen LogP contribution in [0.2, 0.25) is 0 Å². The van der Waals surface area contributed by atoms with E-state index >= 15 is 0 Å². The smallest absolute Gasteiger partial charge is 0.0954 e. The number of thiazole rings is 1. The van der Waals surface area contributed by atoms with Crippen LogP contribution in [0.5, 0.6) is 0 Å². The number of methoxy groups -OCH3 is 1. The summed E-state index contributed by atoms with van der Waals surface area (Å²) in [5.74, 6) is 0. The average molecular weight is 280 g/mol. The molecule has 0 saturated carbocycles. The van der Waals surface area contributed by atoms with Crippen molar-refractivity contribution in [3.05, 3.63) is 29.3 Å². The lowest BCUT2D eigenvalue weighted by atomic mass is 10.2. The predicted molar refractivity (Wildman–Crippen MR) is 78.6 cm³/mol. The largest absolute Gasteiger partial charge is 0.382 e. The van der Waals surface area contributed by atoms with Gasteiger partial charge in [-0.3, -0.25) is 0 Å². The van der Waals surface area contributed by atoms with Crippen molar-refractivity contribution in [3.8, 4) is 0 Å². The molecule has 19 heavy (non-hydrogen) atoms. The highest BCUT2D eigenvalue weighted by atomic mass is 32.1. The minimum absolute atomic E-state index is 0.100. The van der Waals surface area contributed by atoms with Crippen molar-refractivity contribution in [2.24, 2.45) is 5.73 Å². The van der Waals surface area contributed by atoms with Gasteiger partial charge in [0.15, 0.2) is 0 Å². The van der Waals surface area contributed by atoms with Gasteiger partial charge in [-0.25, -0.2) is 4.98 Å². The van der Waals surface area contributed by atoms with Gasteiger partial charge in [-0.15, -0.1) is 11.3 Å². The fraction of sp³-hybridized carbons (Fsp3) is 0.500. The number of nitrogens with two attached hydrogens (primary N) is 1. The van der Waals surface area contributed by atoms with Crippen LogP contribution in [0.3, 0.4) is 0 Å². The second-order valence-electron chi connectivity index (χ2n) is 4.43. The van der Waals surface area contributed by atoms with Gasteiger partial charge in [0.2, 0.25) is 0 Å². The normalized spacial score (nSPS) is 12.9. The van der Waals surface area contributed by atoms with E-state index in [2.05, 4.69) is 11.1 Å². The van der Waals surface area contributed by atoms with Crippen LogP contribution in [-0.2, 0) is 15.9 Å². The van der Waals surface area contributed by atoms with E-state index < -0.39 is 0 Å². The summed E-state index contributed by atoms with van der Waals surface area (Å²) >= 11 is 1.72. The molecule has 0 aliphatic rings. The molecule has 1 aromatic heterocycles. The van der Waals surface area contributed by atoms with Crippen LogP contribution in [0.4, 0.5) is 0 Å². The summed E-state index contributed by atoms with van der Waals surface area (Å²) in [4.78, 5) is 4.59. The number of rotatable bonds is 8. The quantitative estimate of drug-likeness (QED) is 0.753. The molecule has 0 aliphatic carbocycles. The summed E-state index contributed by atoms with van der Waals surface area (Å²) in [6.45, 7) is 1.94. The number of hydrogen-bond acceptors (Lipinski definition) is 5.